The second kappa shape index (κ2) is 3.12. The Morgan fingerprint density at radius 2 is 2.38 bits per heavy atom. The number of carbonyl (C=O) groups is 1. The predicted octanol–water partition coefficient (Wildman–Crippen LogP) is 0.776. The molecule has 0 N–H and O–H groups in total. The Morgan fingerprint density at radius 3 is 3.00 bits per heavy atom. The topological polar surface area (TPSA) is 33.2 Å². The summed E-state index contributed by atoms with van der Waals surface area (Å²) in [6.45, 7) is 1.37. The zero-order valence-corrected chi connectivity index (χ0v) is 6.98. The highest BCUT2D eigenvalue weighted by atomic mass is 19.1. The molecule has 1 aromatic heterocycles. The second-order valence-electron chi connectivity index (χ2n) is 3.17. The summed E-state index contributed by atoms with van der Waals surface area (Å²) in [5, 5.41) is 0. The van der Waals surface area contributed by atoms with Gasteiger partial charge in [0.05, 0.1) is 0 Å². The Balaban J connectivity index is 2.07. The number of pyridine rings is 1. The van der Waals surface area contributed by atoms with E-state index in [2.05, 4.69) is 4.98 Å². The molecule has 0 spiro atoms. The number of hydrogen-bond acceptors (Lipinski definition) is 2. The molecule has 1 aliphatic heterocycles. The molecule has 1 aliphatic rings. The minimum Gasteiger partial charge on any atom is -0.344 e. The number of nitrogens with zero attached hydrogens (tertiary/aromatic N) is 2. The molecule has 0 aromatic carbocycles. The number of hydrogen-bond donors (Lipinski definition) is 0. The largest absolute Gasteiger partial charge is 0.344 e. The first-order chi connectivity index (χ1) is 6.29. The zero-order valence-electron chi connectivity index (χ0n) is 6.98. The van der Waals surface area contributed by atoms with Crippen molar-refractivity contribution in [3.63, 3.8) is 0 Å². The summed E-state index contributed by atoms with van der Waals surface area (Å²) >= 11 is 0. The van der Waals surface area contributed by atoms with Gasteiger partial charge >= 0.3 is 0 Å². The number of halogens is 1. The Kier molecular flexibility index (Phi) is 1.96. The van der Waals surface area contributed by atoms with E-state index in [0.29, 0.717) is 13.1 Å². The molecule has 0 aliphatic carbocycles. The van der Waals surface area contributed by atoms with Crippen LogP contribution in [0.3, 0.4) is 0 Å². The van der Waals surface area contributed by atoms with Crippen molar-refractivity contribution in [3.05, 3.63) is 29.8 Å². The molecule has 0 atom stereocenters. The van der Waals surface area contributed by atoms with Gasteiger partial charge in [0.2, 0.25) is 12.4 Å². The van der Waals surface area contributed by atoms with Crippen molar-refractivity contribution in [2.24, 2.45) is 0 Å². The Bertz CT molecular complexity index is 323. The van der Waals surface area contributed by atoms with Crippen molar-refractivity contribution in [1.29, 1.82) is 0 Å². The minimum absolute atomic E-state index is 0.280. The lowest BCUT2D eigenvalue weighted by Gasteiger charge is -2.36. The summed E-state index contributed by atoms with van der Waals surface area (Å²) in [6.07, 6.45) is 2.27. The van der Waals surface area contributed by atoms with Gasteiger partial charge in [-0.1, -0.05) is 0 Å². The molecular formula is C9H9FN2O. The van der Waals surface area contributed by atoms with Gasteiger partial charge in [-0.15, -0.1) is 0 Å². The van der Waals surface area contributed by atoms with Crippen LogP contribution in [0.25, 0.3) is 0 Å². The average Bonchev–Trinajstić information content (AvgIpc) is 2.02. The fourth-order valence-corrected chi connectivity index (χ4v) is 1.48. The van der Waals surface area contributed by atoms with Crippen LogP contribution in [-0.4, -0.2) is 29.4 Å². The molecule has 1 amide bonds. The Hall–Kier alpha value is -1.45. The molecule has 0 bridgehead atoms. The van der Waals surface area contributed by atoms with E-state index in [9.17, 15) is 9.18 Å². The smallest absolute Gasteiger partial charge is 0.213 e. The highest BCUT2D eigenvalue weighted by molar-refractivity contribution is 5.50. The Morgan fingerprint density at radius 1 is 1.62 bits per heavy atom. The van der Waals surface area contributed by atoms with E-state index in [4.69, 9.17) is 0 Å². The summed E-state index contributed by atoms with van der Waals surface area (Å²) in [5.74, 6) is -0.176. The molecule has 0 unspecified atom stereocenters. The molecule has 3 nitrogen and oxygen atoms in total. The van der Waals surface area contributed by atoms with Crippen molar-refractivity contribution in [1.82, 2.24) is 9.88 Å². The summed E-state index contributed by atoms with van der Waals surface area (Å²) in [5.41, 5.74) is 0.922. The quantitative estimate of drug-likeness (QED) is 0.497. The van der Waals surface area contributed by atoms with Crippen LogP contribution in [0.5, 0.6) is 0 Å². The molecular weight excluding hydrogens is 171 g/mol. The number of amides is 1. The molecule has 68 valence electrons. The maximum Gasteiger partial charge on any atom is 0.213 e. The second-order valence-corrected chi connectivity index (χ2v) is 3.17. The lowest BCUT2D eigenvalue weighted by atomic mass is 9.93. The van der Waals surface area contributed by atoms with Gasteiger partial charge in [-0.05, 0) is 17.7 Å². The third kappa shape index (κ3) is 1.52. The van der Waals surface area contributed by atoms with Gasteiger partial charge in [-0.3, -0.25) is 4.79 Å². The number of carbonyl (C=O) groups excluding carboxylic acids is 1. The van der Waals surface area contributed by atoms with Crippen LogP contribution < -0.4 is 0 Å². The lowest BCUT2D eigenvalue weighted by Crippen LogP contribution is -2.43. The maximum absolute atomic E-state index is 12.7. The van der Waals surface area contributed by atoms with Crippen LogP contribution >= 0.6 is 0 Å². The number of likely N-dealkylation sites (tertiary alicyclic amines) is 1. The van der Waals surface area contributed by atoms with E-state index in [1.165, 1.54) is 12.3 Å². The molecule has 1 aromatic rings. The van der Waals surface area contributed by atoms with Crippen molar-refractivity contribution in [3.8, 4) is 0 Å². The van der Waals surface area contributed by atoms with Gasteiger partial charge in [-0.2, -0.15) is 4.39 Å². The van der Waals surface area contributed by atoms with E-state index < -0.39 is 5.95 Å². The fraction of sp³-hybridized carbons (Fsp3) is 0.333. The molecule has 0 saturated carbocycles. The molecule has 2 heterocycles. The molecule has 4 heteroatoms. The van der Waals surface area contributed by atoms with Gasteiger partial charge in [0.25, 0.3) is 0 Å². The maximum atomic E-state index is 12.7. The highest BCUT2D eigenvalue weighted by Crippen LogP contribution is 2.25. The van der Waals surface area contributed by atoms with Crippen molar-refractivity contribution < 1.29 is 9.18 Å². The zero-order chi connectivity index (χ0) is 9.26. The third-order valence-corrected chi connectivity index (χ3v) is 2.28. The summed E-state index contributed by atoms with van der Waals surface area (Å²) in [4.78, 5) is 15.4. The van der Waals surface area contributed by atoms with Crippen LogP contribution in [0.15, 0.2) is 18.3 Å². The van der Waals surface area contributed by atoms with Gasteiger partial charge in [-0.25, -0.2) is 4.98 Å². The Labute approximate surface area is 75.2 Å². The third-order valence-electron chi connectivity index (χ3n) is 2.28. The summed E-state index contributed by atoms with van der Waals surface area (Å²) < 4.78 is 12.7. The van der Waals surface area contributed by atoms with Gasteiger partial charge in [0.1, 0.15) is 0 Å². The highest BCUT2D eigenvalue weighted by Gasteiger charge is 2.26. The average molecular weight is 180 g/mol. The lowest BCUT2D eigenvalue weighted by molar-refractivity contribution is -0.122. The molecule has 1 saturated heterocycles. The molecule has 2 rings (SSSR count). The van der Waals surface area contributed by atoms with Crippen molar-refractivity contribution >= 4 is 6.41 Å². The summed E-state index contributed by atoms with van der Waals surface area (Å²) in [7, 11) is 0. The SMILES string of the molecule is O=CN1CC(c2ccnc(F)c2)C1. The first-order valence-electron chi connectivity index (χ1n) is 4.10. The van der Waals surface area contributed by atoms with Crippen LogP contribution in [0.2, 0.25) is 0 Å². The van der Waals surface area contributed by atoms with E-state index in [0.717, 1.165) is 12.0 Å². The monoisotopic (exact) mass is 180 g/mol. The van der Waals surface area contributed by atoms with Crippen molar-refractivity contribution in [2.45, 2.75) is 5.92 Å². The van der Waals surface area contributed by atoms with Crippen LogP contribution in [0, 0.1) is 5.95 Å². The van der Waals surface area contributed by atoms with Gasteiger partial charge in [0.15, 0.2) is 0 Å². The number of aromatic nitrogens is 1. The minimum atomic E-state index is -0.456. The summed E-state index contributed by atoms with van der Waals surface area (Å²) in [6, 6.07) is 3.21. The van der Waals surface area contributed by atoms with Crippen LogP contribution in [0.1, 0.15) is 11.5 Å². The standard InChI is InChI=1S/C9H9FN2O/c10-9-3-7(1-2-11-9)8-4-12(5-8)6-13/h1-3,6,8H,4-5H2. The van der Waals surface area contributed by atoms with E-state index >= 15 is 0 Å². The molecule has 13 heavy (non-hydrogen) atoms. The molecule has 1 fully saturated rings. The van der Waals surface area contributed by atoms with E-state index in [1.54, 1.807) is 11.0 Å². The van der Waals surface area contributed by atoms with Crippen LogP contribution in [-0.2, 0) is 4.79 Å². The van der Waals surface area contributed by atoms with Crippen molar-refractivity contribution in [2.75, 3.05) is 13.1 Å². The van der Waals surface area contributed by atoms with Gasteiger partial charge in [0, 0.05) is 25.2 Å². The number of rotatable bonds is 2. The van der Waals surface area contributed by atoms with Gasteiger partial charge < -0.3 is 4.90 Å². The first kappa shape index (κ1) is 8.16. The van der Waals surface area contributed by atoms with Crippen LogP contribution in [0.4, 0.5) is 4.39 Å². The normalized spacial score (nSPS) is 16.8. The fourth-order valence-electron chi connectivity index (χ4n) is 1.48. The first-order valence-corrected chi connectivity index (χ1v) is 4.10. The molecule has 0 radical (unpaired) electrons. The van der Waals surface area contributed by atoms with E-state index in [1.807, 2.05) is 0 Å². The van der Waals surface area contributed by atoms with E-state index in [-0.39, 0.29) is 5.92 Å². The predicted molar refractivity (Wildman–Crippen MR) is 44.6 cm³/mol.